The molecule has 0 saturated heterocycles. The lowest BCUT2D eigenvalue weighted by Gasteiger charge is -2.19. The van der Waals surface area contributed by atoms with Crippen molar-refractivity contribution in [2.75, 3.05) is 26.2 Å². The van der Waals surface area contributed by atoms with E-state index in [1.165, 1.54) is 0 Å². The van der Waals surface area contributed by atoms with E-state index in [9.17, 15) is 4.79 Å². The lowest BCUT2D eigenvalue weighted by atomic mass is 9.93. The summed E-state index contributed by atoms with van der Waals surface area (Å²) in [6.45, 7) is 16.5. The Morgan fingerprint density at radius 3 is 2.37 bits per heavy atom. The molecular weight excluding hydrogens is 362 g/mol. The molecule has 0 spiro atoms. The molecule has 3 N–H and O–H groups in total. The topological polar surface area (TPSA) is 87.6 Å². The van der Waals surface area contributed by atoms with Crippen molar-refractivity contribution in [2.24, 2.45) is 4.99 Å². The SMILES string of the molecule is CCNC(=NCCc1nc(C(C)(C)C)cs1)NCCNC(=O)OC(C)(C)C. The predicted octanol–water partition coefficient (Wildman–Crippen LogP) is 3.06. The molecule has 8 heteroatoms. The van der Waals surface area contributed by atoms with Gasteiger partial charge in [0.2, 0.25) is 0 Å². The number of carbonyl (C=O) groups excluding carboxylic acids is 1. The Labute approximate surface area is 167 Å². The van der Waals surface area contributed by atoms with Crippen LogP contribution in [0.1, 0.15) is 59.2 Å². The number of aliphatic imine (C=N–C) groups is 1. The molecule has 0 aliphatic carbocycles. The normalized spacial score (nSPS) is 12.6. The molecule has 1 amide bonds. The van der Waals surface area contributed by atoms with Crippen molar-refractivity contribution in [1.82, 2.24) is 20.9 Å². The molecule has 0 saturated carbocycles. The van der Waals surface area contributed by atoms with Crippen molar-refractivity contribution in [1.29, 1.82) is 0 Å². The minimum atomic E-state index is -0.490. The van der Waals surface area contributed by atoms with Crippen LogP contribution in [-0.4, -0.2) is 48.8 Å². The van der Waals surface area contributed by atoms with E-state index < -0.39 is 11.7 Å². The van der Waals surface area contributed by atoms with Crippen LogP contribution < -0.4 is 16.0 Å². The van der Waals surface area contributed by atoms with Crippen LogP contribution in [0.4, 0.5) is 4.79 Å². The van der Waals surface area contributed by atoms with Gasteiger partial charge in [-0.1, -0.05) is 20.8 Å². The number of hydrogen-bond donors (Lipinski definition) is 3. The lowest BCUT2D eigenvalue weighted by Crippen LogP contribution is -2.42. The highest BCUT2D eigenvalue weighted by Crippen LogP contribution is 2.23. The van der Waals surface area contributed by atoms with Crippen molar-refractivity contribution in [3.05, 3.63) is 16.1 Å². The molecular formula is C19H35N5O2S. The van der Waals surface area contributed by atoms with E-state index in [2.05, 4.69) is 47.1 Å². The Hall–Kier alpha value is -1.83. The van der Waals surface area contributed by atoms with E-state index in [0.717, 1.165) is 29.6 Å². The third-order valence-electron chi connectivity index (χ3n) is 3.35. The van der Waals surface area contributed by atoms with Crippen molar-refractivity contribution in [3.63, 3.8) is 0 Å². The quantitative estimate of drug-likeness (QED) is 0.374. The summed E-state index contributed by atoms with van der Waals surface area (Å²) >= 11 is 1.69. The molecule has 154 valence electrons. The molecule has 0 aliphatic rings. The molecule has 0 aliphatic heterocycles. The van der Waals surface area contributed by atoms with Crippen molar-refractivity contribution in [2.45, 2.75) is 65.9 Å². The van der Waals surface area contributed by atoms with Gasteiger partial charge in [0.25, 0.3) is 0 Å². The fourth-order valence-electron chi connectivity index (χ4n) is 2.03. The molecule has 0 fully saturated rings. The summed E-state index contributed by atoms with van der Waals surface area (Å²) in [6, 6.07) is 0. The summed E-state index contributed by atoms with van der Waals surface area (Å²) in [5.74, 6) is 0.732. The van der Waals surface area contributed by atoms with Crippen LogP contribution in [0.2, 0.25) is 0 Å². The standard InChI is InChI=1S/C19H35N5O2S/c1-8-20-16(22-11-12-23-17(25)26-19(5,6)7)21-10-9-15-24-14(13-27-15)18(2,3)4/h13H,8-12H2,1-7H3,(H,23,25)(H2,20,21,22). The first kappa shape index (κ1) is 23.2. The second kappa shape index (κ2) is 10.5. The summed E-state index contributed by atoms with van der Waals surface area (Å²) in [5.41, 5.74) is 0.719. The van der Waals surface area contributed by atoms with E-state index >= 15 is 0 Å². The van der Waals surface area contributed by atoms with E-state index in [1.807, 2.05) is 27.7 Å². The largest absolute Gasteiger partial charge is 0.444 e. The van der Waals surface area contributed by atoms with Crippen LogP contribution in [0.15, 0.2) is 10.4 Å². The van der Waals surface area contributed by atoms with Gasteiger partial charge >= 0.3 is 6.09 Å². The van der Waals surface area contributed by atoms with Crippen LogP contribution in [0.3, 0.4) is 0 Å². The van der Waals surface area contributed by atoms with Gasteiger partial charge in [0, 0.05) is 43.4 Å². The average molecular weight is 398 g/mol. The monoisotopic (exact) mass is 397 g/mol. The van der Waals surface area contributed by atoms with E-state index in [-0.39, 0.29) is 5.41 Å². The minimum absolute atomic E-state index is 0.0790. The number of amides is 1. The second-order valence-electron chi connectivity index (χ2n) is 8.24. The van der Waals surface area contributed by atoms with Gasteiger partial charge in [-0.3, -0.25) is 4.99 Å². The van der Waals surface area contributed by atoms with Crippen LogP contribution >= 0.6 is 11.3 Å². The van der Waals surface area contributed by atoms with Gasteiger partial charge in [-0.05, 0) is 27.7 Å². The number of nitrogens with one attached hydrogen (secondary N) is 3. The summed E-state index contributed by atoms with van der Waals surface area (Å²) in [5, 5.41) is 12.4. The van der Waals surface area contributed by atoms with Gasteiger partial charge in [0.1, 0.15) is 5.60 Å². The molecule has 0 aromatic carbocycles. The number of hydrogen-bond acceptors (Lipinski definition) is 5. The Bertz CT molecular complexity index is 614. The van der Waals surface area contributed by atoms with Gasteiger partial charge in [-0.15, -0.1) is 11.3 Å². The van der Waals surface area contributed by atoms with Gasteiger partial charge < -0.3 is 20.7 Å². The maximum absolute atomic E-state index is 11.6. The average Bonchev–Trinajstić information content (AvgIpc) is 2.99. The zero-order valence-electron chi connectivity index (χ0n) is 17.7. The second-order valence-corrected chi connectivity index (χ2v) is 9.19. The van der Waals surface area contributed by atoms with Crippen LogP contribution in [0.5, 0.6) is 0 Å². The third-order valence-corrected chi connectivity index (χ3v) is 4.25. The Kier molecular flexibility index (Phi) is 9.02. The predicted molar refractivity (Wildman–Crippen MR) is 113 cm³/mol. The first-order chi connectivity index (χ1) is 12.5. The molecule has 7 nitrogen and oxygen atoms in total. The van der Waals surface area contributed by atoms with Crippen LogP contribution in [0, 0.1) is 0 Å². The fourth-order valence-corrected chi connectivity index (χ4v) is 3.05. The third kappa shape index (κ3) is 10.2. The first-order valence-corrected chi connectivity index (χ1v) is 10.3. The number of aromatic nitrogens is 1. The Balaban J connectivity index is 2.39. The zero-order valence-corrected chi connectivity index (χ0v) is 18.5. The molecule has 1 aromatic heterocycles. The lowest BCUT2D eigenvalue weighted by molar-refractivity contribution is 0.0529. The maximum atomic E-state index is 11.6. The molecule has 0 atom stereocenters. The van der Waals surface area contributed by atoms with Crippen molar-refractivity contribution < 1.29 is 9.53 Å². The number of ether oxygens (including phenoxy) is 1. The van der Waals surface area contributed by atoms with Crippen molar-refractivity contribution >= 4 is 23.4 Å². The maximum Gasteiger partial charge on any atom is 0.407 e. The smallest absolute Gasteiger partial charge is 0.407 e. The first-order valence-electron chi connectivity index (χ1n) is 9.45. The summed E-state index contributed by atoms with van der Waals surface area (Å²) < 4.78 is 5.20. The number of nitrogens with zero attached hydrogens (tertiary/aromatic N) is 2. The number of carbonyl (C=O) groups is 1. The van der Waals surface area contributed by atoms with Gasteiger partial charge in [0.05, 0.1) is 10.7 Å². The van der Waals surface area contributed by atoms with Crippen LogP contribution in [-0.2, 0) is 16.6 Å². The highest BCUT2D eigenvalue weighted by atomic mass is 32.1. The Morgan fingerprint density at radius 1 is 1.15 bits per heavy atom. The Morgan fingerprint density at radius 2 is 1.81 bits per heavy atom. The van der Waals surface area contributed by atoms with E-state index in [0.29, 0.717) is 19.6 Å². The number of guanidine groups is 1. The molecule has 0 unspecified atom stereocenters. The fraction of sp³-hybridized carbons (Fsp3) is 0.737. The molecule has 0 radical (unpaired) electrons. The molecule has 27 heavy (non-hydrogen) atoms. The van der Waals surface area contributed by atoms with E-state index in [1.54, 1.807) is 11.3 Å². The zero-order chi connectivity index (χ0) is 20.5. The minimum Gasteiger partial charge on any atom is -0.444 e. The van der Waals surface area contributed by atoms with E-state index in [4.69, 9.17) is 9.72 Å². The van der Waals surface area contributed by atoms with Crippen LogP contribution in [0.25, 0.3) is 0 Å². The molecule has 1 rings (SSSR count). The van der Waals surface area contributed by atoms with Gasteiger partial charge in [-0.25, -0.2) is 9.78 Å². The highest BCUT2D eigenvalue weighted by Gasteiger charge is 2.17. The number of thiazole rings is 1. The molecule has 1 heterocycles. The molecule has 1 aromatic rings. The number of alkyl carbamates (subject to hydrolysis) is 1. The molecule has 0 bridgehead atoms. The highest BCUT2D eigenvalue weighted by molar-refractivity contribution is 7.09. The van der Waals surface area contributed by atoms with Crippen molar-refractivity contribution in [3.8, 4) is 0 Å². The summed E-state index contributed by atoms with van der Waals surface area (Å²) in [6.07, 6.45) is 0.401. The summed E-state index contributed by atoms with van der Waals surface area (Å²) in [7, 11) is 0. The van der Waals surface area contributed by atoms with Gasteiger partial charge in [-0.2, -0.15) is 0 Å². The number of rotatable bonds is 7. The van der Waals surface area contributed by atoms with Gasteiger partial charge in [0.15, 0.2) is 5.96 Å². The summed E-state index contributed by atoms with van der Waals surface area (Å²) in [4.78, 5) is 20.9.